The third-order valence-corrected chi connectivity index (χ3v) is 10.4. The van der Waals surface area contributed by atoms with Crippen LogP contribution in [-0.2, 0) is 16.3 Å². The molecule has 6 nitrogen and oxygen atoms in total. The molecule has 0 radical (unpaired) electrons. The van der Waals surface area contributed by atoms with Crippen molar-refractivity contribution in [2.75, 3.05) is 35.5 Å². The Morgan fingerprint density at radius 1 is 0.889 bits per heavy atom. The van der Waals surface area contributed by atoms with Crippen molar-refractivity contribution < 1.29 is 28.6 Å². The molecule has 148 valence electrons. The number of hydrogen-bond acceptors (Lipinski definition) is 8. The molecular weight excluding hydrogens is 407 g/mol. The molecule has 2 rings (SSSR count). The van der Waals surface area contributed by atoms with E-state index in [1.54, 1.807) is 26.4 Å². The molecule has 2 aromatic rings. The number of aliphatic hydroxyl groups is 1. The van der Waals surface area contributed by atoms with Crippen LogP contribution in [0.5, 0.6) is 23.0 Å². The minimum Gasteiger partial charge on any atom is -0.497 e. The molecular formula is C18H23O6PS2. The fourth-order valence-electron chi connectivity index (χ4n) is 2.41. The Morgan fingerprint density at radius 3 is 1.85 bits per heavy atom. The Kier molecular flexibility index (Phi) is 7.82. The van der Waals surface area contributed by atoms with Crippen molar-refractivity contribution in [3.63, 3.8) is 0 Å². The lowest BCUT2D eigenvalue weighted by Crippen LogP contribution is -2.06. The Balaban J connectivity index is 2.35. The summed E-state index contributed by atoms with van der Waals surface area (Å²) < 4.78 is 26.8. The first-order valence-corrected chi connectivity index (χ1v) is 12.1. The summed E-state index contributed by atoms with van der Waals surface area (Å²) in [5.41, 5.74) is -2.90. The molecule has 9 heteroatoms. The summed E-state index contributed by atoms with van der Waals surface area (Å²) in [5.74, 6) is 2.11. The SMILES string of the molecule is COc1ccc(P(=S)(OC)SC(O)c2cc(OC)c(OC)c(OC)c2)cc1. The lowest BCUT2D eigenvalue weighted by Gasteiger charge is -2.24. The second-order valence-electron chi connectivity index (χ2n) is 5.29. The van der Waals surface area contributed by atoms with Gasteiger partial charge in [-0.25, -0.2) is 0 Å². The fourth-order valence-corrected chi connectivity index (χ4v) is 7.11. The van der Waals surface area contributed by atoms with E-state index in [2.05, 4.69) is 0 Å². The van der Waals surface area contributed by atoms with E-state index in [4.69, 9.17) is 35.3 Å². The maximum absolute atomic E-state index is 10.8. The zero-order valence-corrected chi connectivity index (χ0v) is 18.3. The molecule has 0 aliphatic rings. The van der Waals surface area contributed by atoms with Crippen LogP contribution >= 0.6 is 16.8 Å². The molecule has 0 spiro atoms. The van der Waals surface area contributed by atoms with Gasteiger partial charge in [-0.15, -0.1) is 0 Å². The van der Waals surface area contributed by atoms with Crippen LogP contribution in [0.25, 0.3) is 0 Å². The smallest absolute Gasteiger partial charge is 0.203 e. The number of ether oxygens (including phenoxy) is 4. The Morgan fingerprint density at radius 2 is 1.44 bits per heavy atom. The highest BCUT2D eigenvalue weighted by Gasteiger charge is 2.27. The van der Waals surface area contributed by atoms with Crippen molar-refractivity contribution in [1.29, 1.82) is 0 Å². The van der Waals surface area contributed by atoms with Gasteiger partial charge in [0, 0.05) is 12.4 Å². The molecule has 0 aliphatic heterocycles. The minimum absolute atomic E-state index is 0.460. The first-order chi connectivity index (χ1) is 12.9. The Hall–Kier alpha value is -1.44. The molecule has 0 fully saturated rings. The van der Waals surface area contributed by atoms with Crippen LogP contribution in [-0.4, -0.2) is 40.7 Å². The average Bonchev–Trinajstić information content (AvgIpc) is 2.72. The molecule has 0 saturated heterocycles. The second-order valence-corrected chi connectivity index (χ2v) is 12.2. The van der Waals surface area contributed by atoms with Gasteiger partial charge >= 0.3 is 0 Å². The van der Waals surface area contributed by atoms with E-state index in [0.717, 1.165) is 11.1 Å². The van der Waals surface area contributed by atoms with Crippen molar-refractivity contribution in [2.24, 2.45) is 0 Å². The van der Waals surface area contributed by atoms with Gasteiger partial charge in [0.05, 0.1) is 28.4 Å². The molecule has 0 saturated carbocycles. The van der Waals surface area contributed by atoms with Crippen LogP contribution in [0, 0.1) is 0 Å². The van der Waals surface area contributed by atoms with Gasteiger partial charge < -0.3 is 28.6 Å². The maximum atomic E-state index is 10.8. The predicted octanol–water partition coefficient (Wildman–Crippen LogP) is 3.73. The summed E-state index contributed by atoms with van der Waals surface area (Å²) in [4.78, 5) is 0. The van der Waals surface area contributed by atoms with Crippen molar-refractivity contribution >= 4 is 34.0 Å². The molecule has 0 aromatic heterocycles. The third-order valence-electron chi connectivity index (χ3n) is 3.84. The molecule has 0 aliphatic carbocycles. The van der Waals surface area contributed by atoms with E-state index >= 15 is 0 Å². The monoisotopic (exact) mass is 430 g/mol. The topological polar surface area (TPSA) is 66.4 Å². The van der Waals surface area contributed by atoms with Crippen molar-refractivity contribution in [2.45, 2.75) is 5.44 Å². The molecule has 27 heavy (non-hydrogen) atoms. The third kappa shape index (κ3) is 4.89. The zero-order valence-electron chi connectivity index (χ0n) is 15.8. The quantitative estimate of drug-likeness (QED) is 0.477. The van der Waals surface area contributed by atoms with E-state index in [9.17, 15) is 5.11 Å². The van der Waals surface area contributed by atoms with E-state index in [1.165, 1.54) is 32.7 Å². The van der Waals surface area contributed by atoms with Gasteiger partial charge in [-0.3, -0.25) is 0 Å². The largest absolute Gasteiger partial charge is 0.497 e. The van der Waals surface area contributed by atoms with E-state index < -0.39 is 10.9 Å². The summed E-state index contributed by atoms with van der Waals surface area (Å²) in [7, 11) is 7.73. The van der Waals surface area contributed by atoms with Gasteiger partial charge in [0.15, 0.2) is 17.0 Å². The van der Waals surface area contributed by atoms with Crippen LogP contribution in [0.15, 0.2) is 36.4 Å². The van der Waals surface area contributed by atoms with E-state index in [-0.39, 0.29) is 0 Å². The van der Waals surface area contributed by atoms with Crippen LogP contribution in [0.3, 0.4) is 0 Å². The maximum Gasteiger partial charge on any atom is 0.203 e. The van der Waals surface area contributed by atoms with Crippen molar-refractivity contribution in [1.82, 2.24) is 0 Å². The highest BCUT2D eigenvalue weighted by Crippen LogP contribution is 2.63. The lowest BCUT2D eigenvalue weighted by atomic mass is 10.2. The molecule has 0 heterocycles. The van der Waals surface area contributed by atoms with Crippen LogP contribution in [0.4, 0.5) is 0 Å². The normalized spacial score (nSPS) is 14.1. The first-order valence-electron chi connectivity index (χ1n) is 7.89. The molecule has 0 amide bonds. The molecule has 2 unspecified atom stereocenters. The summed E-state index contributed by atoms with van der Waals surface area (Å²) >= 11 is 6.95. The molecule has 2 aromatic carbocycles. The summed E-state index contributed by atoms with van der Waals surface area (Å²) in [6.07, 6.45) is 0. The predicted molar refractivity (Wildman–Crippen MR) is 113 cm³/mol. The highest BCUT2D eigenvalue weighted by molar-refractivity contribution is 8.71. The lowest BCUT2D eigenvalue weighted by molar-refractivity contribution is 0.268. The number of aliphatic hydroxyl groups excluding tert-OH is 1. The second kappa shape index (κ2) is 9.66. The van der Waals surface area contributed by atoms with Gasteiger partial charge in [0.2, 0.25) is 5.75 Å². The Bertz CT molecular complexity index is 787. The summed E-state index contributed by atoms with van der Waals surface area (Å²) in [5, 5.41) is 11.7. The first kappa shape index (κ1) is 21.9. The molecule has 2 atom stereocenters. The summed E-state index contributed by atoms with van der Waals surface area (Å²) in [6, 6.07) is 10.8. The van der Waals surface area contributed by atoms with Crippen LogP contribution < -0.4 is 24.3 Å². The van der Waals surface area contributed by atoms with Gasteiger partial charge in [-0.1, -0.05) is 23.2 Å². The van der Waals surface area contributed by atoms with Crippen LogP contribution in [0.1, 0.15) is 11.0 Å². The number of rotatable bonds is 9. The minimum atomic E-state index is -2.54. The standard InChI is InChI=1S/C18H23O6PS2/c1-20-13-6-8-14(9-7-13)25(26,24-5)27-18(19)12-10-15(21-2)17(23-4)16(11-12)22-3/h6-11,18-19H,1-5H3. The summed E-state index contributed by atoms with van der Waals surface area (Å²) in [6.45, 7) is 0. The van der Waals surface area contributed by atoms with Gasteiger partial charge in [0.1, 0.15) is 11.2 Å². The van der Waals surface area contributed by atoms with Gasteiger partial charge in [-0.05, 0) is 42.0 Å². The van der Waals surface area contributed by atoms with E-state index in [1.807, 2.05) is 24.3 Å². The van der Waals surface area contributed by atoms with Crippen molar-refractivity contribution in [3.8, 4) is 23.0 Å². The van der Waals surface area contributed by atoms with Crippen LogP contribution in [0.2, 0.25) is 0 Å². The molecule has 1 N–H and O–H groups in total. The van der Waals surface area contributed by atoms with Crippen molar-refractivity contribution in [3.05, 3.63) is 42.0 Å². The number of benzene rings is 2. The molecule has 0 bridgehead atoms. The average molecular weight is 430 g/mol. The number of methoxy groups -OCH3 is 4. The van der Waals surface area contributed by atoms with Gasteiger partial charge in [-0.2, -0.15) is 0 Å². The highest BCUT2D eigenvalue weighted by atomic mass is 32.9. The zero-order chi connectivity index (χ0) is 20.0. The van der Waals surface area contributed by atoms with E-state index in [0.29, 0.717) is 22.8 Å². The Labute approximate surface area is 168 Å². The number of hydrogen-bond donors (Lipinski definition) is 1. The fraction of sp³-hybridized carbons (Fsp3) is 0.333. The van der Waals surface area contributed by atoms with Gasteiger partial charge in [0.25, 0.3) is 0 Å².